The maximum atomic E-state index is 4.26. The van der Waals surface area contributed by atoms with Crippen molar-refractivity contribution >= 4 is 0 Å². The van der Waals surface area contributed by atoms with Crippen LogP contribution in [0.25, 0.3) is 0 Å². The molecule has 0 radical (unpaired) electrons. The van der Waals surface area contributed by atoms with Gasteiger partial charge in [0.1, 0.15) is 0 Å². The van der Waals surface area contributed by atoms with Crippen LogP contribution in [0.5, 0.6) is 0 Å². The van der Waals surface area contributed by atoms with Crippen molar-refractivity contribution in [2.24, 2.45) is 0 Å². The van der Waals surface area contributed by atoms with E-state index in [2.05, 4.69) is 15.3 Å². The van der Waals surface area contributed by atoms with Crippen molar-refractivity contribution in [2.75, 3.05) is 13.1 Å². The van der Waals surface area contributed by atoms with Crippen molar-refractivity contribution in [2.45, 2.75) is 12.3 Å². The molecule has 2 rings (SSSR count). The van der Waals surface area contributed by atoms with Crippen LogP contribution < -0.4 is 5.32 Å². The van der Waals surface area contributed by atoms with E-state index >= 15 is 0 Å². The molecule has 1 aromatic heterocycles. The normalized spacial score (nSPS) is 23.8. The maximum Gasteiger partial charge on any atom is 0.0630 e. The van der Waals surface area contributed by atoms with Crippen LogP contribution in [-0.2, 0) is 0 Å². The molecule has 1 aromatic rings. The number of nitrogens with zero attached hydrogens (tertiary/aromatic N) is 2. The van der Waals surface area contributed by atoms with Gasteiger partial charge in [0.2, 0.25) is 0 Å². The highest BCUT2D eigenvalue weighted by Gasteiger charge is 2.17. The van der Waals surface area contributed by atoms with Gasteiger partial charge in [0.15, 0.2) is 0 Å². The Morgan fingerprint density at radius 3 is 3.09 bits per heavy atom. The van der Waals surface area contributed by atoms with Gasteiger partial charge >= 0.3 is 0 Å². The van der Waals surface area contributed by atoms with E-state index in [0.29, 0.717) is 5.92 Å². The summed E-state index contributed by atoms with van der Waals surface area (Å²) in [6, 6.07) is 0. The number of aromatic nitrogens is 2. The first kappa shape index (κ1) is 6.73. The predicted molar refractivity (Wildman–Crippen MR) is 42.3 cm³/mol. The Labute approximate surface area is 65.9 Å². The van der Waals surface area contributed by atoms with Gasteiger partial charge in [0.05, 0.1) is 5.69 Å². The molecule has 2 heterocycles. The fourth-order valence-corrected chi connectivity index (χ4v) is 1.43. The molecule has 0 amide bonds. The molecule has 0 bridgehead atoms. The van der Waals surface area contributed by atoms with E-state index < -0.39 is 0 Å². The van der Waals surface area contributed by atoms with Crippen molar-refractivity contribution in [3.05, 3.63) is 24.3 Å². The Morgan fingerprint density at radius 2 is 2.45 bits per heavy atom. The Bertz CT molecular complexity index is 216. The third kappa shape index (κ3) is 1.38. The summed E-state index contributed by atoms with van der Waals surface area (Å²) in [4.78, 5) is 8.30. The highest BCUT2D eigenvalue weighted by Crippen LogP contribution is 2.18. The van der Waals surface area contributed by atoms with Gasteiger partial charge in [-0.2, -0.15) is 0 Å². The summed E-state index contributed by atoms with van der Waals surface area (Å²) in [5.41, 5.74) is 1.12. The number of rotatable bonds is 1. The van der Waals surface area contributed by atoms with E-state index in [0.717, 1.165) is 18.8 Å². The number of hydrogen-bond donors (Lipinski definition) is 1. The highest BCUT2D eigenvalue weighted by molar-refractivity contribution is 5.06. The Hall–Kier alpha value is -0.960. The first-order chi connectivity index (χ1) is 5.47. The van der Waals surface area contributed by atoms with E-state index in [1.165, 1.54) is 6.42 Å². The zero-order valence-corrected chi connectivity index (χ0v) is 6.33. The molecule has 11 heavy (non-hydrogen) atoms. The fraction of sp³-hybridized carbons (Fsp3) is 0.500. The van der Waals surface area contributed by atoms with Crippen LogP contribution in [0.15, 0.2) is 18.6 Å². The van der Waals surface area contributed by atoms with Gasteiger partial charge in [-0.1, -0.05) is 0 Å². The van der Waals surface area contributed by atoms with Crippen LogP contribution in [0.3, 0.4) is 0 Å². The van der Waals surface area contributed by atoms with Gasteiger partial charge < -0.3 is 5.32 Å². The van der Waals surface area contributed by atoms with Gasteiger partial charge in [0, 0.05) is 31.1 Å². The Morgan fingerprint density at radius 1 is 1.45 bits per heavy atom. The smallest absolute Gasteiger partial charge is 0.0630 e. The molecule has 1 aliphatic heterocycles. The van der Waals surface area contributed by atoms with Crippen molar-refractivity contribution in [3.8, 4) is 0 Å². The summed E-state index contributed by atoms with van der Waals surface area (Å²) in [7, 11) is 0. The lowest BCUT2D eigenvalue weighted by molar-refractivity contribution is 0.728. The topological polar surface area (TPSA) is 37.8 Å². The van der Waals surface area contributed by atoms with Crippen LogP contribution in [0, 0.1) is 0 Å². The van der Waals surface area contributed by atoms with Gasteiger partial charge in [-0.15, -0.1) is 0 Å². The molecule has 0 spiro atoms. The average molecular weight is 149 g/mol. The SMILES string of the molecule is c1cnc(C2CCNC2)cn1. The summed E-state index contributed by atoms with van der Waals surface area (Å²) in [5, 5.41) is 3.30. The molecule has 3 nitrogen and oxygen atoms in total. The lowest BCUT2D eigenvalue weighted by atomic mass is 10.1. The quantitative estimate of drug-likeness (QED) is 0.633. The minimum absolute atomic E-state index is 0.587. The third-order valence-corrected chi connectivity index (χ3v) is 2.06. The van der Waals surface area contributed by atoms with E-state index in [1.54, 1.807) is 12.4 Å². The van der Waals surface area contributed by atoms with Crippen molar-refractivity contribution in [3.63, 3.8) is 0 Å². The monoisotopic (exact) mass is 149 g/mol. The van der Waals surface area contributed by atoms with Gasteiger partial charge in [-0.05, 0) is 13.0 Å². The summed E-state index contributed by atoms with van der Waals surface area (Å²) in [5.74, 6) is 0.587. The molecular formula is C8H11N3. The van der Waals surface area contributed by atoms with Crippen molar-refractivity contribution in [1.82, 2.24) is 15.3 Å². The molecule has 1 atom stereocenters. The van der Waals surface area contributed by atoms with Crippen LogP contribution >= 0.6 is 0 Å². The molecule has 58 valence electrons. The van der Waals surface area contributed by atoms with Gasteiger partial charge in [0.25, 0.3) is 0 Å². The standard InChI is InChI=1S/C8H11N3/c1-2-9-5-7(1)8-6-10-3-4-11-8/h3-4,6-7,9H,1-2,5H2. The number of hydrogen-bond acceptors (Lipinski definition) is 3. The molecular weight excluding hydrogens is 138 g/mol. The zero-order valence-electron chi connectivity index (χ0n) is 6.33. The summed E-state index contributed by atoms with van der Waals surface area (Å²) in [6.07, 6.45) is 6.52. The van der Waals surface area contributed by atoms with Gasteiger partial charge in [-0.25, -0.2) is 0 Å². The predicted octanol–water partition coefficient (Wildman–Crippen LogP) is 0.553. The minimum Gasteiger partial charge on any atom is -0.316 e. The second-order valence-electron chi connectivity index (χ2n) is 2.82. The summed E-state index contributed by atoms with van der Waals surface area (Å²) >= 11 is 0. The molecule has 1 unspecified atom stereocenters. The Balaban J connectivity index is 2.16. The molecule has 1 N–H and O–H groups in total. The second-order valence-corrected chi connectivity index (χ2v) is 2.82. The molecule has 1 saturated heterocycles. The van der Waals surface area contributed by atoms with Crippen LogP contribution in [0.4, 0.5) is 0 Å². The largest absolute Gasteiger partial charge is 0.316 e. The second kappa shape index (κ2) is 2.96. The maximum absolute atomic E-state index is 4.26. The zero-order chi connectivity index (χ0) is 7.52. The lowest BCUT2D eigenvalue weighted by Gasteiger charge is -2.04. The molecule has 3 heteroatoms. The third-order valence-electron chi connectivity index (χ3n) is 2.06. The minimum atomic E-state index is 0.587. The highest BCUT2D eigenvalue weighted by atomic mass is 14.9. The molecule has 0 aliphatic carbocycles. The van der Waals surface area contributed by atoms with Crippen molar-refractivity contribution < 1.29 is 0 Å². The van der Waals surface area contributed by atoms with E-state index in [-0.39, 0.29) is 0 Å². The fourth-order valence-electron chi connectivity index (χ4n) is 1.43. The van der Waals surface area contributed by atoms with Crippen LogP contribution in [0.2, 0.25) is 0 Å². The molecule has 0 saturated carbocycles. The van der Waals surface area contributed by atoms with E-state index in [4.69, 9.17) is 0 Å². The van der Waals surface area contributed by atoms with E-state index in [9.17, 15) is 0 Å². The van der Waals surface area contributed by atoms with Crippen molar-refractivity contribution in [1.29, 1.82) is 0 Å². The van der Waals surface area contributed by atoms with Gasteiger partial charge in [-0.3, -0.25) is 9.97 Å². The van der Waals surface area contributed by atoms with Crippen LogP contribution in [0.1, 0.15) is 18.0 Å². The average Bonchev–Trinajstić information content (AvgIpc) is 2.58. The number of nitrogens with one attached hydrogen (secondary N) is 1. The lowest BCUT2D eigenvalue weighted by Crippen LogP contribution is -2.08. The molecule has 1 aliphatic rings. The Kier molecular flexibility index (Phi) is 1.81. The first-order valence-electron chi connectivity index (χ1n) is 3.93. The molecule has 1 fully saturated rings. The summed E-state index contributed by atoms with van der Waals surface area (Å²) in [6.45, 7) is 2.17. The summed E-state index contributed by atoms with van der Waals surface area (Å²) < 4.78 is 0. The molecule has 0 aromatic carbocycles. The van der Waals surface area contributed by atoms with E-state index in [1.807, 2.05) is 6.20 Å². The first-order valence-corrected chi connectivity index (χ1v) is 3.93. The van der Waals surface area contributed by atoms with Crippen LogP contribution in [-0.4, -0.2) is 23.1 Å².